The molecule has 5 nitrogen and oxygen atoms in total. The minimum absolute atomic E-state index is 0.136. The summed E-state index contributed by atoms with van der Waals surface area (Å²) >= 11 is 7.00. The van der Waals surface area contributed by atoms with Crippen LogP contribution in [0.5, 0.6) is 0 Å². The van der Waals surface area contributed by atoms with Crippen molar-refractivity contribution in [2.24, 2.45) is 0 Å². The summed E-state index contributed by atoms with van der Waals surface area (Å²) in [6.07, 6.45) is 0. The summed E-state index contributed by atoms with van der Waals surface area (Å²) < 4.78 is 5.00. The molecule has 0 aliphatic carbocycles. The average Bonchev–Trinajstić information content (AvgIpc) is 3.00. The normalized spacial score (nSPS) is 10.2. The number of ether oxygens (including phenoxy) is 1. The van der Waals surface area contributed by atoms with Gasteiger partial charge in [0.25, 0.3) is 0 Å². The zero-order valence-electron chi connectivity index (χ0n) is 12.3. The van der Waals surface area contributed by atoms with Crippen LogP contribution < -0.4 is 5.32 Å². The summed E-state index contributed by atoms with van der Waals surface area (Å²) in [5.74, 6) is -1.00. The summed E-state index contributed by atoms with van der Waals surface area (Å²) in [7, 11) is 0. The molecule has 23 heavy (non-hydrogen) atoms. The monoisotopic (exact) mass is 351 g/mol. The van der Waals surface area contributed by atoms with Gasteiger partial charge in [0.15, 0.2) is 6.61 Å². The van der Waals surface area contributed by atoms with E-state index in [0.717, 1.165) is 4.88 Å². The molecule has 0 radical (unpaired) electrons. The number of thiophene rings is 1. The SMILES string of the molecule is CC(=O)NCc1ccc(C(=O)COC(=O)c2ccc(Cl)cc2)s1. The van der Waals surface area contributed by atoms with E-state index in [1.54, 1.807) is 24.3 Å². The van der Waals surface area contributed by atoms with Gasteiger partial charge in [-0.3, -0.25) is 9.59 Å². The van der Waals surface area contributed by atoms with Gasteiger partial charge in [-0.15, -0.1) is 11.3 Å². The van der Waals surface area contributed by atoms with E-state index in [2.05, 4.69) is 5.32 Å². The number of hydrogen-bond donors (Lipinski definition) is 1. The van der Waals surface area contributed by atoms with Gasteiger partial charge in [-0.1, -0.05) is 11.6 Å². The lowest BCUT2D eigenvalue weighted by Gasteiger charge is -2.03. The van der Waals surface area contributed by atoms with Crippen LogP contribution in [0.25, 0.3) is 0 Å². The van der Waals surface area contributed by atoms with Gasteiger partial charge < -0.3 is 10.1 Å². The van der Waals surface area contributed by atoms with Gasteiger partial charge in [-0.25, -0.2) is 4.79 Å². The molecule has 0 spiro atoms. The van der Waals surface area contributed by atoms with Crippen LogP contribution in [-0.4, -0.2) is 24.3 Å². The van der Waals surface area contributed by atoms with E-state index in [1.165, 1.54) is 30.4 Å². The van der Waals surface area contributed by atoms with Gasteiger partial charge in [0.1, 0.15) is 0 Å². The zero-order valence-corrected chi connectivity index (χ0v) is 13.9. The highest BCUT2D eigenvalue weighted by Crippen LogP contribution is 2.17. The zero-order chi connectivity index (χ0) is 16.8. The first-order chi connectivity index (χ1) is 11.0. The molecule has 0 bridgehead atoms. The first-order valence-corrected chi connectivity index (χ1v) is 7.94. The van der Waals surface area contributed by atoms with E-state index in [4.69, 9.17) is 16.3 Å². The lowest BCUT2D eigenvalue weighted by Crippen LogP contribution is -2.18. The molecule has 1 aromatic carbocycles. The van der Waals surface area contributed by atoms with Gasteiger partial charge >= 0.3 is 5.97 Å². The number of benzene rings is 1. The fourth-order valence-electron chi connectivity index (χ4n) is 1.71. The van der Waals surface area contributed by atoms with Crippen molar-refractivity contribution >= 4 is 40.6 Å². The van der Waals surface area contributed by atoms with Gasteiger partial charge in [0.05, 0.1) is 17.0 Å². The molecule has 120 valence electrons. The van der Waals surface area contributed by atoms with Gasteiger partial charge in [0.2, 0.25) is 11.7 Å². The van der Waals surface area contributed by atoms with E-state index >= 15 is 0 Å². The number of ketones is 1. The first-order valence-electron chi connectivity index (χ1n) is 6.75. The maximum absolute atomic E-state index is 12.0. The predicted octanol–water partition coefficient (Wildman–Crippen LogP) is 3.08. The van der Waals surface area contributed by atoms with Crippen molar-refractivity contribution in [3.8, 4) is 0 Å². The Labute approximate surface area is 142 Å². The molecule has 2 rings (SSSR count). The molecule has 1 N–H and O–H groups in total. The number of halogens is 1. The summed E-state index contributed by atoms with van der Waals surface area (Å²) in [4.78, 5) is 36.0. The van der Waals surface area contributed by atoms with Crippen molar-refractivity contribution in [3.63, 3.8) is 0 Å². The number of carbonyl (C=O) groups excluding carboxylic acids is 3. The molecule has 0 saturated heterocycles. The fourth-order valence-corrected chi connectivity index (χ4v) is 2.70. The summed E-state index contributed by atoms with van der Waals surface area (Å²) in [6, 6.07) is 9.63. The van der Waals surface area contributed by atoms with Crippen molar-refractivity contribution in [1.82, 2.24) is 5.32 Å². The smallest absolute Gasteiger partial charge is 0.338 e. The lowest BCUT2D eigenvalue weighted by molar-refractivity contribution is -0.119. The first kappa shape index (κ1) is 17.2. The molecule has 0 unspecified atom stereocenters. The summed E-state index contributed by atoms with van der Waals surface area (Å²) in [6.45, 7) is 1.47. The van der Waals surface area contributed by atoms with Crippen LogP contribution in [-0.2, 0) is 16.1 Å². The minimum Gasteiger partial charge on any atom is -0.454 e. The Hall–Kier alpha value is -2.18. The molecule has 0 aliphatic heterocycles. The topological polar surface area (TPSA) is 72.5 Å². The highest BCUT2D eigenvalue weighted by atomic mass is 35.5. The molecule has 1 aromatic heterocycles. The fraction of sp³-hybridized carbons (Fsp3) is 0.188. The Morgan fingerprint density at radius 3 is 2.48 bits per heavy atom. The second kappa shape index (κ2) is 7.89. The van der Waals surface area contributed by atoms with Crippen LogP contribution in [0.15, 0.2) is 36.4 Å². The van der Waals surface area contributed by atoms with Crippen LogP contribution in [0.4, 0.5) is 0 Å². The number of esters is 1. The average molecular weight is 352 g/mol. The molecule has 0 atom stereocenters. The predicted molar refractivity (Wildman–Crippen MR) is 87.9 cm³/mol. The number of Topliss-reactive ketones (excluding diaryl/α,β-unsaturated/α-hetero) is 1. The highest BCUT2D eigenvalue weighted by molar-refractivity contribution is 7.14. The second-order valence-electron chi connectivity index (χ2n) is 4.68. The molecule has 1 amide bonds. The Morgan fingerprint density at radius 1 is 1.13 bits per heavy atom. The van der Waals surface area contributed by atoms with Crippen LogP contribution in [0, 0.1) is 0 Å². The van der Waals surface area contributed by atoms with Crippen LogP contribution in [0.3, 0.4) is 0 Å². The van der Waals surface area contributed by atoms with Crippen molar-refractivity contribution in [1.29, 1.82) is 0 Å². The van der Waals surface area contributed by atoms with Gasteiger partial charge in [0, 0.05) is 16.8 Å². The third-order valence-corrected chi connectivity index (χ3v) is 4.24. The van der Waals surface area contributed by atoms with Crippen molar-refractivity contribution in [2.45, 2.75) is 13.5 Å². The van der Waals surface area contributed by atoms with Gasteiger partial charge in [-0.05, 0) is 36.4 Å². The van der Waals surface area contributed by atoms with E-state index < -0.39 is 5.97 Å². The molecule has 0 fully saturated rings. The van der Waals surface area contributed by atoms with Crippen LogP contribution >= 0.6 is 22.9 Å². The third kappa shape index (κ3) is 5.19. The van der Waals surface area contributed by atoms with Gasteiger partial charge in [-0.2, -0.15) is 0 Å². The molecule has 0 aliphatic rings. The minimum atomic E-state index is -0.579. The molecule has 2 aromatic rings. The lowest BCUT2D eigenvalue weighted by atomic mass is 10.2. The molecular formula is C16H14ClNO4S. The van der Waals surface area contributed by atoms with Crippen molar-refractivity contribution < 1.29 is 19.1 Å². The Balaban J connectivity index is 1.88. The number of hydrogen-bond acceptors (Lipinski definition) is 5. The number of amides is 1. The van der Waals surface area contributed by atoms with Crippen molar-refractivity contribution in [3.05, 3.63) is 56.7 Å². The molecule has 0 saturated carbocycles. The number of carbonyl (C=O) groups is 3. The van der Waals surface area contributed by atoms with Crippen molar-refractivity contribution in [2.75, 3.05) is 6.61 Å². The third-order valence-electron chi connectivity index (χ3n) is 2.86. The van der Waals surface area contributed by atoms with E-state index in [0.29, 0.717) is 22.0 Å². The quantitative estimate of drug-likeness (QED) is 0.641. The molecule has 7 heteroatoms. The van der Waals surface area contributed by atoms with Crippen LogP contribution in [0.1, 0.15) is 31.8 Å². The standard InChI is InChI=1S/C16H14ClNO4S/c1-10(19)18-8-13-6-7-15(23-13)14(20)9-22-16(21)11-2-4-12(17)5-3-11/h2-7H,8-9H2,1H3,(H,18,19). The largest absolute Gasteiger partial charge is 0.454 e. The molecule has 1 heterocycles. The number of nitrogens with one attached hydrogen (secondary N) is 1. The number of rotatable bonds is 6. The Kier molecular flexibility index (Phi) is 5.90. The Morgan fingerprint density at radius 2 is 1.83 bits per heavy atom. The van der Waals surface area contributed by atoms with Crippen LogP contribution in [0.2, 0.25) is 5.02 Å². The maximum Gasteiger partial charge on any atom is 0.338 e. The van der Waals surface area contributed by atoms with E-state index in [-0.39, 0.29) is 18.3 Å². The maximum atomic E-state index is 12.0. The van der Waals surface area contributed by atoms with E-state index in [1.807, 2.05) is 0 Å². The highest BCUT2D eigenvalue weighted by Gasteiger charge is 2.14. The second-order valence-corrected chi connectivity index (χ2v) is 6.29. The summed E-state index contributed by atoms with van der Waals surface area (Å²) in [5, 5.41) is 3.17. The Bertz CT molecular complexity index is 724. The summed E-state index contributed by atoms with van der Waals surface area (Å²) in [5.41, 5.74) is 0.333. The van der Waals surface area contributed by atoms with E-state index in [9.17, 15) is 14.4 Å². The molecular weight excluding hydrogens is 338 g/mol.